The molecule has 0 aliphatic rings. The summed E-state index contributed by atoms with van der Waals surface area (Å²) in [7, 11) is 0. The monoisotopic (exact) mass is 205 g/mol. The molecular formula is C13H7N3. The first-order valence-corrected chi connectivity index (χ1v) is 4.71. The van der Waals surface area contributed by atoms with Crippen molar-refractivity contribution in [2.24, 2.45) is 0 Å². The highest BCUT2D eigenvalue weighted by Gasteiger charge is 2.04. The van der Waals surface area contributed by atoms with E-state index in [1.54, 1.807) is 24.4 Å². The van der Waals surface area contributed by atoms with Gasteiger partial charge < -0.3 is 0 Å². The topological polar surface area (TPSA) is 60.5 Å². The molecule has 0 aliphatic heterocycles. The summed E-state index contributed by atoms with van der Waals surface area (Å²) in [5.41, 5.74) is 2.41. The van der Waals surface area contributed by atoms with Crippen molar-refractivity contribution in [3.63, 3.8) is 0 Å². The number of pyridine rings is 1. The summed E-state index contributed by atoms with van der Waals surface area (Å²) < 4.78 is 0. The molecule has 0 amide bonds. The maximum Gasteiger partial charge on any atom is 0.101 e. The van der Waals surface area contributed by atoms with Crippen LogP contribution in [0.4, 0.5) is 0 Å². The minimum Gasteiger partial charge on any atom is -0.256 e. The van der Waals surface area contributed by atoms with Crippen molar-refractivity contribution in [3.05, 3.63) is 53.7 Å². The van der Waals surface area contributed by atoms with Gasteiger partial charge in [0.2, 0.25) is 0 Å². The third kappa shape index (κ3) is 1.75. The van der Waals surface area contributed by atoms with E-state index in [4.69, 9.17) is 10.5 Å². The highest BCUT2D eigenvalue weighted by atomic mass is 14.7. The second kappa shape index (κ2) is 4.25. The second-order valence-electron chi connectivity index (χ2n) is 3.20. The van der Waals surface area contributed by atoms with Gasteiger partial charge in [0, 0.05) is 11.8 Å². The summed E-state index contributed by atoms with van der Waals surface area (Å²) in [6.45, 7) is 0. The van der Waals surface area contributed by atoms with E-state index in [0.717, 1.165) is 11.3 Å². The quantitative estimate of drug-likeness (QED) is 0.718. The van der Waals surface area contributed by atoms with Crippen LogP contribution in [0.15, 0.2) is 42.6 Å². The smallest absolute Gasteiger partial charge is 0.101 e. The highest BCUT2D eigenvalue weighted by Crippen LogP contribution is 2.19. The number of nitriles is 2. The molecule has 0 fully saturated rings. The molecule has 3 heteroatoms. The molecule has 0 unspecified atom stereocenters. The van der Waals surface area contributed by atoms with Crippen LogP contribution in [-0.2, 0) is 0 Å². The molecule has 0 saturated carbocycles. The predicted molar refractivity (Wildman–Crippen MR) is 59.1 cm³/mol. The zero-order valence-corrected chi connectivity index (χ0v) is 8.38. The summed E-state index contributed by atoms with van der Waals surface area (Å²) in [5.74, 6) is 0. The van der Waals surface area contributed by atoms with Crippen LogP contribution < -0.4 is 0 Å². The van der Waals surface area contributed by atoms with Gasteiger partial charge in [-0.1, -0.05) is 12.1 Å². The van der Waals surface area contributed by atoms with E-state index < -0.39 is 0 Å². The lowest BCUT2D eigenvalue weighted by Crippen LogP contribution is -1.87. The highest BCUT2D eigenvalue weighted by molar-refractivity contribution is 5.64. The summed E-state index contributed by atoms with van der Waals surface area (Å²) in [6, 6.07) is 14.7. The molecule has 0 spiro atoms. The fraction of sp³-hybridized carbons (Fsp3) is 0. The number of benzene rings is 1. The van der Waals surface area contributed by atoms with E-state index in [0.29, 0.717) is 11.1 Å². The van der Waals surface area contributed by atoms with Crippen molar-refractivity contribution >= 4 is 0 Å². The van der Waals surface area contributed by atoms with E-state index in [1.165, 1.54) is 0 Å². The molecular weight excluding hydrogens is 198 g/mol. The van der Waals surface area contributed by atoms with Gasteiger partial charge >= 0.3 is 0 Å². The van der Waals surface area contributed by atoms with Gasteiger partial charge in [-0.25, -0.2) is 0 Å². The Labute approximate surface area is 93.2 Å². The van der Waals surface area contributed by atoms with Crippen molar-refractivity contribution < 1.29 is 0 Å². The lowest BCUT2D eigenvalue weighted by molar-refractivity contribution is 1.32. The molecule has 0 atom stereocenters. The first-order valence-electron chi connectivity index (χ1n) is 4.71. The minimum absolute atomic E-state index is 0.380. The number of hydrogen-bond acceptors (Lipinski definition) is 3. The Hall–Kier alpha value is -2.65. The molecule has 16 heavy (non-hydrogen) atoms. The van der Waals surface area contributed by atoms with Crippen LogP contribution in [0.25, 0.3) is 11.3 Å². The van der Waals surface area contributed by atoms with Crippen molar-refractivity contribution in [3.8, 4) is 23.4 Å². The normalized spacial score (nSPS) is 9.12. The lowest BCUT2D eigenvalue weighted by atomic mass is 10.0. The molecule has 0 radical (unpaired) electrons. The van der Waals surface area contributed by atoms with E-state index in [2.05, 4.69) is 4.98 Å². The third-order valence-corrected chi connectivity index (χ3v) is 2.22. The third-order valence-electron chi connectivity index (χ3n) is 2.22. The van der Waals surface area contributed by atoms with Gasteiger partial charge in [0.05, 0.1) is 16.8 Å². The maximum absolute atomic E-state index is 8.90. The van der Waals surface area contributed by atoms with E-state index in [-0.39, 0.29) is 0 Å². The Balaban J connectivity index is 2.55. The Morgan fingerprint density at radius 1 is 0.938 bits per heavy atom. The molecule has 74 valence electrons. The standard InChI is InChI=1S/C13H7N3/c14-8-11-5-4-10(7-12(11)9-15)13-3-1-2-6-16-13/h1-7H. The molecule has 0 aliphatic carbocycles. The fourth-order valence-corrected chi connectivity index (χ4v) is 1.43. The first kappa shape index (κ1) is 9.89. The van der Waals surface area contributed by atoms with E-state index >= 15 is 0 Å². The number of aromatic nitrogens is 1. The fourth-order valence-electron chi connectivity index (χ4n) is 1.43. The molecule has 0 N–H and O–H groups in total. The average Bonchev–Trinajstić information content (AvgIpc) is 2.39. The molecule has 2 rings (SSSR count). The summed E-state index contributed by atoms with van der Waals surface area (Å²) in [6.07, 6.45) is 1.69. The molecule has 1 aromatic carbocycles. The summed E-state index contributed by atoms with van der Waals surface area (Å²) in [5, 5.41) is 17.7. The van der Waals surface area contributed by atoms with E-state index in [9.17, 15) is 0 Å². The molecule has 0 saturated heterocycles. The molecule has 3 nitrogen and oxygen atoms in total. The Kier molecular flexibility index (Phi) is 2.63. The van der Waals surface area contributed by atoms with Gasteiger partial charge in [-0.15, -0.1) is 0 Å². The molecule has 1 heterocycles. The van der Waals surface area contributed by atoms with Crippen molar-refractivity contribution in [1.29, 1.82) is 10.5 Å². The van der Waals surface area contributed by atoms with E-state index in [1.807, 2.05) is 30.3 Å². The SMILES string of the molecule is N#Cc1ccc(-c2ccccn2)cc1C#N. The maximum atomic E-state index is 8.90. The van der Waals surface area contributed by atoms with Crippen LogP contribution in [0.5, 0.6) is 0 Å². The van der Waals surface area contributed by atoms with Crippen LogP contribution in [0, 0.1) is 22.7 Å². The van der Waals surface area contributed by atoms with Crippen LogP contribution in [0.3, 0.4) is 0 Å². The molecule has 1 aromatic heterocycles. The predicted octanol–water partition coefficient (Wildman–Crippen LogP) is 2.49. The van der Waals surface area contributed by atoms with Gasteiger partial charge in [0.15, 0.2) is 0 Å². The van der Waals surface area contributed by atoms with Gasteiger partial charge in [-0.05, 0) is 24.3 Å². The van der Waals surface area contributed by atoms with Crippen LogP contribution in [0.1, 0.15) is 11.1 Å². The number of nitrogens with zero attached hydrogens (tertiary/aromatic N) is 3. The Morgan fingerprint density at radius 3 is 2.38 bits per heavy atom. The molecule has 0 bridgehead atoms. The second-order valence-corrected chi connectivity index (χ2v) is 3.20. The zero-order valence-electron chi connectivity index (χ0n) is 8.38. The number of rotatable bonds is 1. The average molecular weight is 205 g/mol. The lowest BCUT2D eigenvalue weighted by Gasteiger charge is -2.01. The van der Waals surface area contributed by atoms with Crippen LogP contribution in [-0.4, -0.2) is 4.98 Å². The summed E-state index contributed by atoms with van der Waals surface area (Å²) >= 11 is 0. The van der Waals surface area contributed by atoms with Gasteiger partial charge in [-0.2, -0.15) is 10.5 Å². The Bertz CT molecular complexity index is 589. The largest absolute Gasteiger partial charge is 0.256 e. The van der Waals surface area contributed by atoms with Gasteiger partial charge in [-0.3, -0.25) is 4.98 Å². The minimum atomic E-state index is 0.380. The summed E-state index contributed by atoms with van der Waals surface area (Å²) in [4.78, 5) is 4.19. The van der Waals surface area contributed by atoms with Crippen molar-refractivity contribution in [1.82, 2.24) is 4.98 Å². The first-order chi connectivity index (χ1) is 7.85. The van der Waals surface area contributed by atoms with Crippen LogP contribution >= 0.6 is 0 Å². The zero-order chi connectivity index (χ0) is 11.4. The van der Waals surface area contributed by atoms with Crippen LogP contribution in [0.2, 0.25) is 0 Å². The number of hydrogen-bond donors (Lipinski definition) is 0. The van der Waals surface area contributed by atoms with Crippen molar-refractivity contribution in [2.75, 3.05) is 0 Å². The Morgan fingerprint density at radius 2 is 1.75 bits per heavy atom. The van der Waals surface area contributed by atoms with Gasteiger partial charge in [0.1, 0.15) is 12.1 Å². The van der Waals surface area contributed by atoms with Gasteiger partial charge in [0.25, 0.3) is 0 Å². The molecule has 2 aromatic rings. The van der Waals surface area contributed by atoms with Crippen molar-refractivity contribution in [2.45, 2.75) is 0 Å².